The fourth-order valence-corrected chi connectivity index (χ4v) is 2.28. The Bertz CT molecular complexity index is 876. The second-order valence-corrected chi connectivity index (χ2v) is 5.16. The van der Waals surface area contributed by atoms with E-state index in [9.17, 15) is 9.59 Å². The number of nitrogens with one attached hydrogen (secondary N) is 1. The Balaban J connectivity index is 1.89. The second kappa shape index (κ2) is 7.39. The van der Waals surface area contributed by atoms with Crippen molar-refractivity contribution in [1.29, 1.82) is 0 Å². The molecular formula is C18H16N4O3. The smallest absolute Gasteiger partial charge is 0.358 e. The molecule has 0 radical (unpaired) electrons. The Morgan fingerprint density at radius 3 is 2.56 bits per heavy atom. The molecule has 1 N–H and O–H groups in total. The van der Waals surface area contributed by atoms with Crippen molar-refractivity contribution in [3.63, 3.8) is 0 Å². The van der Waals surface area contributed by atoms with Crippen molar-refractivity contribution in [2.75, 3.05) is 7.11 Å². The number of carbonyl (C=O) groups excluding carboxylic acids is 2. The first-order chi connectivity index (χ1) is 12.2. The third kappa shape index (κ3) is 3.72. The van der Waals surface area contributed by atoms with E-state index in [2.05, 4.69) is 15.4 Å². The lowest BCUT2D eigenvalue weighted by Crippen LogP contribution is -2.25. The lowest BCUT2D eigenvalue weighted by atomic mass is 10.3. The molecule has 0 aliphatic rings. The second-order valence-electron chi connectivity index (χ2n) is 5.16. The number of pyridine rings is 1. The average Bonchev–Trinajstić information content (AvgIpc) is 3.12. The summed E-state index contributed by atoms with van der Waals surface area (Å²) in [6.45, 7) is 0.271. The summed E-state index contributed by atoms with van der Waals surface area (Å²) in [5.74, 6) is -0.967. The van der Waals surface area contributed by atoms with Crippen LogP contribution in [0.2, 0.25) is 0 Å². The van der Waals surface area contributed by atoms with Crippen molar-refractivity contribution < 1.29 is 14.3 Å². The van der Waals surface area contributed by atoms with Crippen LogP contribution in [0.15, 0.2) is 60.8 Å². The largest absolute Gasteiger partial charge is 0.464 e. The number of ether oxygens (including phenoxy) is 1. The van der Waals surface area contributed by atoms with Gasteiger partial charge in [0.1, 0.15) is 5.69 Å². The Morgan fingerprint density at radius 2 is 1.88 bits per heavy atom. The maximum Gasteiger partial charge on any atom is 0.358 e. The van der Waals surface area contributed by atoms with E-state index in [1.54, 1.807) is 24.4 Å². The number of esters is 1. The summed E-state index contributed by atoms with van der Waals surface area (Å²) >= 11 is 0. The molecule has 1 aromatic carbocycles. The van der Waals surface area contributed by atoms with Crippen LogP contribution in [0.4, 0.5) is 0 Å². The van der Waals surface area contributed by atoms with Gasteiger partial charge in [-0.05, 0) is 24.3 Å². The SMILES string of the molecule is COC(=O)c1cc(C(=O)NCc2ccccn2)n(-c2ccccc2)n1. The highest BCUT2D eigenvalue weighted by molar-refractivity contribution is 5.96. The summed E-state index contributed by atoms with van der Waals surface area (Å²) in [6, 6.07) is 16.0. The van der Waals surface area contributed by atoms with E-state index < -0.39 is 5.97 Å². The summed E-state index contributed by atoms with van der Waals surface area (Å²) in [5, 5.41) is 6.97. The fraction of sp³-hybridized carbons (Fsp3) is 0.111. The van der Waals surface area contributed by atoms with Crippen molar-refractivity contribution in [2.45, 2.75) is 6.54 Å². The molecule has 0 bridgehead atoms. The van der Waals surface area contributed by atoms with Gasteiger partial charge in [0.05, 0.1) is 25.0 Å². The Kier molecular flexibility index (Phi) is 4.84. The monoisotopic (exact) mass is 336 g/mol. The maximum absolute atomic E-state index is 12.6. The quantitative estimate of drug-likeness (QED) is 0.720. The van der Waals surface area contributed by atoms with Gasteiger partial charge in [-0.25, -0.2) is 9.48 Å². The van der Waals surface area contributed by atoms with Gasteiger partial charge >= 0.3 is 5.97 Å². The minimum Gasteiger partial charge on any atom is -0.464 e. The number of aromatic nitrogens is 3. The lowest BCUT2D eigenvalue weighted by molar-refractivity contribution is 0.0593. The van der Waals surface area contributed by atoms with Crippen LogP contribution < -0.4 is 5.32 Å². The molecular weight excluding hydrogens is 320 g/mol. The number of benzene rings is 1. The van der Waals surface area contributed by atoms with Crippen molar-refractivity contribution >= 4 is 11.9 Å². The van der Waals surface area contributed by atoms with Gasteiger partial charge in [-0.3, -0.25) is 9.78 Å². The van der Waals surface area contributed by atoms with Crippen LogP contribution in [0.3, 0.4) is 0 Å². The summed E-state index contributed by atoms with van der Waals surface area (Å²) in [5.41, 5.74) is 1.70. The highest BCUT2D eigenvalue weighted by atomic mass is 16.5. The molecule has 25 heavy (non-hydrogen) atoms. The van der Waals surface area contributed by atoms with E-state index >= 15 is 0 Å². The van der Waals surface area contributed by atoms with Gasteiger partial charge in [0.25, 0.3) is 5.91 Å². The van der Waals surface area contributed by atoms with Gasteiger partial charge in [0.15, 0.2) is 5.69 Å². The van der Waals surface area contributed by atoms with Gasteiger partial charge in [-0.1, -0.05) is 24.3 Å². The van der Waals surface area contributed by atoms with Crippen molar-refractivity contribution in [3.8, 4) is 5.69 Å². The maximum atomic E-state index is 12.6. The summed E-state index contributed by atoms with van der Waals surface area (Å²) < 4.78 is 6.11. The number of hydrogen-bond donors (Lipinski definition) is 1. The molecule has 126 valence electrons. The zero-order chi connectivity index (χ0) is 17.6. The highest BCUT2D eigenvalue weighted by Crippen LogP contribution is 2.13. The predicted molar refractivity (Wildman–Crippen MR) is 90.3 cm³/mol. The molecule has 2 aromatic heterocycles. The Labute approximate surface area is 144 Å². The molecule has 0 spiro atoms. The van der Waals surface area contributed by atoms with Crippen LogP contribution in [-0.4, -0.2) is 33.8 Å². The van der Waals surface area contributed by atoms with E-state index in [0.717, 1.165) is 5.69 Å². The molecule has 0 aliphatic heterocycles. The van der Waals surface area contributed by atoms with E-state index in [4.69, 9.17) is 4.74 Å². The normalized spacial score (nSPS) is 10.3. The number of rotatable bonds is 5. The number of para-hydroxylation sites is 1. The van der Waals surface area contributed by atoms with Crippen LogP contribution in [-0.2, 0) is 11.3 Å². The van der Waals surface area contributed by atoms with Crippen LogP contribution in [0.25, 0.3) is 5.69 Å². The summed E-state index contributed by atoms with van der Waals surface area (Å²) in [7, 11) is 1.27. The average molecular weight is 336 g/mol. The molecule has 0 aliphatic carbocycles. The zero-order valence-electron chi connectivity index (χ0n) is 13.5. The molecule has 0 atom stereocenters. The molecule has 3 aromatic rings. The van der Waals surface area contributed by atoms with Crippen LogP contribution >= 0.6 is 0 Å². The number of methoxy groups -OCH3 is 1. The first kappa shape index (κ1) is 16.4. The third-order valence-electron chi connectivity index (χ3n) is 3.49. The number of amides is 1. The van der Waals surface area contributed by atoms with Gasteiger partial charge in [-0.15, -0.1) is 0 Å². The molecule has 0 saturated carbocycles. The zero-order valence-corrected chi connectivity index (χ0v) is 13.5. The number of carbonyl (C=O) groups is 2. The molecule has 0 saturated heterocycles. The first-order valence-electron chi connectivity index (χ1n) is 7.61. The minimum absolute atomic E-state index is 0.0642. The van der Waals surface area contributed by atoms with Crippen LogP contribution in [0, 0.1) is 0 Å². The topological polar surface area (TPSA) is 86.1 Å². The Morgan fingerprint density at radius 1 is 1.12 bits per heavy atom. The minimum atomic E-state index is -0.603. The molecule has 7 nitrogen and oxygen atoms in total. The molecule has 1 amide bonds. The third-order valence-corrected chi connectivity index (χ3v) is 3.49. The summed E-state index contributed by atoms with van der Waals surface area (Å²) in [6.07, 6.45) is 1.66. The van der Waals surface area contributed by atoms with E-state index in [0.29, 0.717) is 5.69 Å². The van der Waals surface area contributed by atoms with E-state index in [1.165, 1.54) is 17.9 Å². The van der Waals surface area contributed by atoms with Gasteiger partial charge in [0.2, 0.25) is 0 Å². The van der Waals surface area contributed by atoms with Gasteiger partial charge in [-0.2, -0.15) is 5.10 Å². The van der Waals surface area contributed by atoms with Crippen LogP contribution in [0.1, 0.15) is 26.7 Å². The lowest BCUT2D eigenvalue weighted by Gasteiger charge is -2.08. The fourth-order valence-electron chi connectivity index (χ4n) is 2.28. The first-order valence-corrected chi connectivity index (χ1v) is 7.61. The molecule has 3 rings (SSSR count). The molecule has 7 heteroatoms. The predicted octanol–water partition coefficient (Wildman–Crippen LogP) is 1.98. The van der Waals surface area contributed by atoms with Crippen LogP contribution in [0.5, 0.6) is 0 Å². The van der Waals surface area contributed by atoms with E-state index in [1.807, 2.05) is 30.3 Å². The summed E-state index contributed by atoms with van der Waals surface area (Å²) in [4.78, 5) is 28.5. The number of hydrogen-bond acceptors (Lipinski definition) is 5. The van der Waals surface area contributed by atoms with Crippen molar-refractivity contribution in [3.05, 3.63) is 77.9 Å². The van der Waals surface area contributed by atoms with E-state index in [-0.39, 0.29) is 23.8 Å². The highest BCUT2D eigenvalue weighted by Gasteiger charge is 2.20. The van der Waals surface area contributed by atoms with Crippen molar-refractivity contribution in [1.82, 2.24) is 20.1 Å². The molecule has 0 fully saturated rings. The Hall–Kier alpha value is -3.48. The van der Waals surface area contributed by atoms with Crippen molar-refractivity contribution in [2.24, 2.45) is 0 Å². The van der Waals surface area contributed by atoms with Gasteiger partial charge < -0.3 is 10.1 Å². The van der Waals surface area contributed by atoms with Gasteiger partial charge in [0, 0.05) is 12.3 Å². The molecule has 0 unspecified atom stereocenters. The number of nitrogens with zero attached hydrogens (tertiary/aromatic N) is 3. The molecule has 2 heterocycles. The standard InChI is InChI=1S/C18H16N4O3/c1-25-18(24)15-11-16(22(21-15)14-8-3-2-4-9-14)17(23)20-12-13-7-5-6-10-19-13/h2-11H,12H2,1H3,(H,20,23).